The van der Waals surface area contributed by atoms with Crippen LogP contribution in [0.3, 0.4) is 0 Å². The number of aromatic amines is 1. The first-order valence-electron chi connectivity index (χ1n) is 7.05. The highest BCUT2D eigenvalue weighted by Gasteiger charge is 2.21. The Balaban J connectivity index is 2.04. The van der Waals surface area contributed by atoms with Gasteiger partial charge in [0, 0.05) is 0 Å². The van der Waals surface area contributed by atoms with Crippen molar-refractivity contribution in [1.29, 1.82) is 0 Å². The molecule has 112 valence electrons. The van der Waals surface area contributed by atoms with Crippen LogP contribution in [0.5, 0.6) is 0 Å². The number of nitrogens with zero attached hydrogens (tertiary/aromatic N) is 2. The minimum Gasteiger partial charge on any atom is -0.367 e. The Hall–Kier alpha value is -2.37. The summed E-state index contributed by atoms with van der Waals surface area (Å²) in [6.45, 7) is 4.52. The molecule has 0 saturated heterocycles. The number of hydrogen-bond acceptors (Lipinski definition) is 4. The number of hydrogen-bond donors (Lipinski definition) is 3. The zero-order valence-corrected chi connectivity index (χ0v) is 12.3. The van der Waals surface area contributed by atoms with Crippen molar-refractivity contribution in [1.82, 2.24) is 20.5 Å². The maximum Gasteiger partial charge on any atom is 0.239 e. The van der Waals surface area contributed by atoms with Gasteiger partial charge in [0.1, 0.15) is 5.82 Å². The topological polar surface area (TPSA) is 96.7 Å². The highest BCUT2D eigenvalue weighted by Crippen LogP contribution is 2.24. The largest absolute Gasteiger partial charge is 0.367 e. The second-order valence-corrected chi connectivity index (χ2v) is 5.45. The molecule has 1 atom stereocenters. The zero-order valence-electron chi connectivity index (χ0n) is 12.3. The third-order valence-electron chi connectivity index (χ3n) is 3.20. The number of nitrogens with two attached hydrogens (primary N) is 1. The van der Waals surface area contributed by atoms with E-state index in [2.05, 4.69) is 34.3 Å². The molecule has 0 bridgehead atoms. The van der Waals surface area contributed by atoms with Crippen LogP contribution in [0.25, 0.3) is 0 Å². The molecule has 2 rings (SSSR count). The number of carbonyl (C=O) groups excluding carboxylic acids is 1. The first-order chi connectivity index (χ1) is 10.1. The maximum absolute atomic E-state index is 12.5. The molecule has 0 fully saturated rings. The van der Waals surface area contributed by atoms with Gasteiger partial charge in [-0.05, 0) is 17.9 Å². The SMILES string of the molecule is CC(C)CC(C(=O)NCc1nc(N)n[nH]1)c1ccccc1. The number of nitrogens with one attached hydrogen (secondary N) is 2. The van der Waals surface area contributed by atoms with Gasteiger partial charge in [-0.25, -0.2) is 0 Å². The van der Waals surface area contributed by atoms with Gasteiger partial charge < -0.3 is 11.1 Å². The third-order valence-corrected chi connectivity index (χ3v) is 3.20. The second kappa shape index (κ2) is 6.88. The summed E-state index contributed by atoms with van der Waals surface area (Å²) in [5.74, 6) is 0.997. The molecule has 1 amide bonds. The number of anilines is 1. The van der Waals surface area contributed by atoms with Crippen LogP contribution >= 0.6 is 0 Å². The lowest BCUT2D eigenvalue weighted by Gasteiger charge is -2.18. The van der Waals surface area contributed by atoms with E-state index in [1.807, 2.05) is 30.3 Å². The highest BCUT2D eigenvalue weighted by molar-refractivity contribution is 5.83. The van der Waals surface area contributed by atoms with Crippen LogP contribution in [0.4, 0.5) is 5.95 Å². The van der Waals surface area contributed by atoms with Gasteiger partial charge in [0.05, 0.1) is 12.5 Å². The van der Waals surface area contributed by atoms with E-state index in [0.29, 0.717) is 18.3 Å². The van der Waals surface area contributed by atoms with Crippen molar-refractivity contribution in [2.45, 2.75) is 32.7 Å². The molecule has 1 unspecified atom stereocenters. The fourth-order valence-corrected chi connectivity index (χ4v) is 2.23. The highest BCUT2D eigenvalue weighted by atomic mass is 16.1. The molecule has 1 heterocycles. The number of carbonyl (C=O) groups is 1. The molecule has 0 spiro atoms. The van der Waals surface area contributed by atoms with Crippen molar-refractivity contribution in [3.05, 3.63) is 41.7 Å². The first kappa shape index (κ1) is 15.0. The Morgan fingerprint density at radius 2 is 2.05 bits per heavy atom. The average molecular weight is 287 g/mol. The van der Waals surface area contributed by atoms with Crippen LogP contribution in [0.2, 0.25) is 0 Å². The molecular formula is C15H21N5O. The van der Waals surface area contributed by atoms with Gasteiger partial charge in [0.25, 0.3) is 0 Å². The fraction of sp³-hybridized carbons (Fsp3) is 0.400. The minimum atomic E-state index is -0.161. The number of rotatable bonds is 6. The molecule has 1 aromatic heterocycles. The summed E-state index contributed by atoms with van der Waals surface area (Å²) >= 11 is 0. The minimum absolute atomic E-state index is 0.00938. The Morgan fingerprint density at radius 1 is 1.33 bits per heavy atom. The molecule has 0 aliphatic rings. The number of benzene rings is 1. The van der Waals surface area contributed by atoms with Crippen molar-refractivity contribution < 1.29 is 4.79 Å². The van der Waals surface area contributed by atoms with Crippen molar-refractivity contribution in [3.63, 3.8) is 0 Å². The van der Waals surface area contributed by atoms with E-state index in [-0.39, 0.29) is 17.8 Å². The van der Waals surface area contributed by atoms with Gasteiger partial charge in [-0.2, -0.15) is 4.98 Å². The van der Waals surface area contributed by atoms with Gasteiger partial charge in [0.2, 0.25) is 11.9 Å². The van der Waals surface area contributed by atoms with E-state index in [0.717, 1.165) is 12.0 Å². The van der Waals surface area contributed by atoms with E-state index in [4.69, 9.17) is 5.73 Å². The van der Waals surface area contributed by atoms with Crippen LogP contribution < -0.4 is 11.1 Å². The summed E-state index contributed by atoms with van der Waals surface area (Å²) in [6, 6.07) is 9.82. The number of aromatic nitrogens is 3. The van der Waals surface area contributed by atoms with Gasteiger partial charge in [0.15, 0.2) is 0 Å². The molecule has 0 saturated carbocycles. The summed E-state index contributed by atoms with van der Waals surface area (Å²) in [4.78, 5) is 16.4. The summed E-state index contributed by atoms with van der Waals surface area (Å²) in [7, 11) is 0. The van der Waals surface area contributed by atoms with Crippen LogP contribution in [0.1, 0.15) is 37.6 Å². The second-order valence-electron chi connectivity index (χ2n) is 5.45. The van der Waals surface area contributed by atoms with Crippen LogP contribution in [-0.4, -0.2) is 21.1 Å². The predicted molar refractivity (Wildman–Crippen MR) is 81.3 cm³/mol. The van der Waals surface area contributed by atoms with Gasteiger partial charge in [-0.1, -0.05) is 44.2 Å². The molecule has 21 heavy (non-hydrogen) atoms. The van der Waals surface area contributed by atoms with Gasteiger partial charge >= 0.3 is 0 Å². The maximum atomic E-state index is 12.5. The molecule has 6 nitrogen and oxygen atoms in total. The monoisotopic (exact) mass is 287 g/mol. The number of H-pyrrole nitrogens is 1. The number of amides is 1. The van der Waals surface area contributed by atoms with Crippen LogP contribution in [0.15, 0.2) is 30.3 Å². The Bertz CT molecular complexity index is 579. The predicted octanol–water partition coefficient (Wildman–Crippen LogP) is 1.83. The first-order valence-corrected chi connectivity index (χ1v) is 7.05. The summed E-state index contributed by atoms with van der Waals surface area (Å²) in [6.07, 6.45) is 0.800. The number of nitrogen functional groups attached to an aromatic ring is 1. The molecule has 1 aromatic carbocycles. The molecular weight excluding hydrogens is 266 g/mol. The van der Waals surface area contributed by atoms with Crippen molar-refractivity contribution in [3.8, 4) is 0 Å². The lowest BCUT2D eigenvalue weighted by Crippen LogP contribution is -2.30. The van der Waals surface area contributed by atoms with Crippen molar-refractivity contribution in [2.75, 3.05) is 5.73 Å². The third kappa shape index (κ3) is 4.30. The molecule has 0 aliphatic carbocycles. The van der Waals surface area contributed by atoms with Gasteiger partial charge in [-0.15, -0.1) is 5.10 Å². The standard InChI is InChI=1S/C15H21N5O/c1-10(2)8-12(11-6-4-3-5-7-11)14(21)17-9-13-18-15(16)20-19-13/h3-7,10,12H,8-9H2,1-2H3,(H,17,21)(H3,16,18,19,20). The van der Waals surface area contributed by atoms with Crippen LogP contribution in [-0.2, 0) is 11.3 Å². The van der Waals surface area contributed by atoms with E-state index in [1.165, 1.54) is 0 Å². The zero-order chi connectivity index (χ0) is 15.2. The molecule has 0 radical (unpaired) electrons. The molecule has 2 aromatic rings. The Labute approximate surface area is 124 Å². The lowest BCUT2D eigenvalue weighted by molar-refractivity contribution is -0.123. The molecule has 0 aliphatic heterocycles. The van der Waals surface area contributed by atoms with Crippen molar-refractivity contribution >= 4 is 11.9 Å². The van der Waals surface area contributed by atoms with E-state index < -0.39 is 0 Å². The van der Waals surface area contributed by atoms with E-state index >= 15 is 0 Å². The van der Waals surface area contributed by atoms with E-state index in [1.54, 1.807) is 0 Å². The fourth-order valence-electron chi connectivity index (χ4n) is 2.23. The Morgan fingerprint density at radius 3 is 2.62 bits per heavy atom. The quantitative estimate of drug-likeness (QED) is 0.755. The van der Waals surface area contributed by atoms with E-state index in [9.17, 15) is 4.79 Å². The van der Waals surface area contributed by atoms with Crippen LogP contribution in [0, 0.1) is 5.92 Å². The molecule has 6 heteroatoms. The summed E-state index contributed by atoms with van der Waals surface area (Å²) < 4.78 is 0. The summed E-state index contributed by atoms with van der Waals surface area (Å²) in [5.41, 5.74) is 6.46. The normalized spacial score (nSPS) is 12.3. The summed E-state index contributed by atoms with van der Waals surface area (Å²) in [5, 5.41) is 9.30. The van der Waals surface area contributed by atoms with Gasteiger partial charge in [-0.3, -0.25) is 9.89 Å². The van der Waals surface area contributed by atoms with Crippen molar-refractivity contribution in [2.24, 2.45) is 5.92 Å². The average Bonchev–Trinajstić information content (AvgIpc) is 2.88. The lowest BCUT2D eigenvalue weighted by atomic mass is 9.89. The Kier molecular flexibility index (Phi) is 4.92. The smallest absolute Gasteiger partial charge is 0.239 e. The molecule has 4 N–H and O–H groups in total.